The number of nitrogens with one attached hydrogen (secondary N) is 1. The van der Waals surface area contributed by atoms with Crippen LogP contribution in [-0.2, 0) is 9.53 Å². The number of likely N-dealkylation sites (tertiary alicyclic amines) is 1. The molecule has 0 saturated carbocycles. The molecule has 1 N–H and O–H groups in total. The van der Waals surface area contributed by atoms with Crippen LogP contribution in [0.15, 0.2) is 30.5 Å². The number of aryl methyl sites for hydroxylation is 1. The lowest BCUT2D eigenvalue weighted by Gasteiger charge is -2.36. The fraction of sp³-hybridized carbons (Fsp3) is 0.435. The Balaban J connectivity index is 1.58. The number of hydrogen-bond acceptors (Lipinski definition) is 4. The van der Waals surface area contributed by atoms with Crippen molar-refractivity contribution in [3.05, 3.63) is 63.9 Å². The van der Waals surface area contributed by atoms with Crippen molar-refractivity contribution in [2.45, 2.75) is 32.4 Å². The molecule has 170 valence electrons. The summed E-state index contributed by atoms with van der Waals surface area (Å²) in [7, 11) is 0. The van der Waals surface area contributed by atoms with Crippen molar-refractivity contribution in [2.24, 2.45) is 11.8 Å². The van der Waals surface area contributed by atoms with Crippen molar-refractivity contribution in [1.82, 2.24) is 15.2 Å². The highest BCUT2D eigenvalue weighted by atomic mass is 35.5. The third kappa shape index (κ3) is 4.47. The van der Waals surface area contributed by atoms with Crippen LogP contribution >= 0.6 is 11.6 Å². The van der Waals surface area contributed by atoms with Gasteiger partial charge in [-0.2, -0.15) is 0 Å². The molecule has 32 heavy (non-hydrogen) atoms. The summed E-state index contributed by atoms with van der Waals surface area (Å²) in [5, 5.41) is 2.53. The molecule has 2 aromatic rings. The minimum Gasteiger partial charge on any atom is -0.381 e. The third-order valence-electron chi connectivity index (χ3n) is 6.03. The summed E-state index contributed by atoms with van der Waals surface area (Å²) in [6.07, 6.45) is 2.04. The average Bonchev–Trinajstić information content (AvgIpc) is 3.10. The first-order valence-corrected chi connectivity index (χ1v) is 10.9. The number of pyridine rings is 1. The lowest BCUT2D eigenvalue weighted by atomic mass is 9.90. The Hall–Kier alpha value is -2.58. The van der Waals surface area contributed by atoms with Gasteiger partial charge in [0, 0.05) is 35.5 Å². The predicted octanol–water partition coefficient (Wildman–Crippen LogP) is 3.68. The molecule has 2 amide bonds. The zero-order chi connectivity index (χ0) is 23.0. The second-order valence-electron chi connectivity index (χ2n) is 8.57. The van der Waals surface area contributed by atoms with E-state index in [4.69, 9.17) is 16.3 Å². The molecule has 1 aromatic heterocycles. The number of halogens is 3. The topological polar surface area (TPSA) is 71.5 Å². The lowest BCUT2D eigenvalue weighted by molar-refractivity contribution is -0.128. The number of benzene rings is 1. The minimum atomic E-state index is -0.793. The van der Waals surface area contributed by atoms with Gasteiger partial charge in [-0.05, 0) is 43.5 Å². The standard InChI is InChI=1S/C23H24ClF2N3O3/c1-12-5-20(29(9-12)23(31)14-3-4-27-13(2)6-14)22(30)28-21(15-10-32-11-15)16-7-19(26)17(24)8-18(16)25/h3-4,6-8,12,15,20-21H,5,9-11H2,1-2H3,(H,28,30)/t12-,20-,21?/m1/s1. The van der Waals surface area contributed by atoms with Crippen LogP contribution in [0.3, 0.4) is 0 Å². The molecule has 9 heteroatoms. The van der Waals surface area contributed by atoms with E-state index >= 15 is 0 Å². The van der Waals surface area contributed by atoms with Gasteiger partial charge in [-0.25, -0.2) is 8.78 Å². The van der Waals surface area contributed by atoms with Crippen molar-refractivity contribution in [2.75, 3.05) is 19.8 Å². The molecule has 4 rings (SSSR count). The zero-order valence-electron chi connectivity index (χ0n) is 17.8. The molecule has 2 aliphatic rings. The maximum Gasteiger partial charge on any atom is 0.254 e. The Morgan fingerprint density at radius 1 is 1.25 bits per heavy atom. The summed E-state index contributed by atoms with van der Waals surface area (Å²) in [6, 6.07) is 3.72. The Bertz CT molecular complexity index is 1050. The molecule has 0 aliphatic carbocycles. The smallest absolute Gasteiger partial charge is 0.254 e. The van der Waals surface area contributed by atoms with Crippen LogP contribution in [0.5, 0.6) is 0 Å². The molecule has 2 aliphatic heterocycles. The quantitative estimate of drug-likeness (QED) is 0.687. The molecule has 1 aromatic carbocycles. The summed E-state index contributed by atoms with van der Waals surface area (Å²) >= 11 is 5.69. The van der Waals surface area contributed by atoms with Crippen LogP contribution in [0.2, 0.25) is 5.02 Å². The van der Waals surface area contributed by atoms with Crippen molar-refractivity contribution in [1.29, 1.82) is 0 Å². The number of ether oxygens (including phenoxy) is 1. The van der Waals surface area contributed by atoms with Crippen molar-refractivity contribution in [3.8, 4) is 0 Å². The average molecular weight is 464 g/mol. The van der Waals surface area contributed by atoms with Gasteiger partial charge >= 0.3 is 0 Å². The number of nitrogens with zero attached hydrogens (tertiary/aromatic N) is 2. The molecule has 6 nitrogen and oxygen atoms in total. The second kappa shape index (κ2) is 9.11. The zero-order valence-corrected chi connectivity index (χ0v) is 18.5. The van der Waals surface area contributed by atoms with E-state index in [9.17, 15) is 18.4 Å². The number of rotatable bonds is 5. The van der Waals surface area contributed by atoms with E-state index in [1.807, 2.05) is 6.92 Å². The van der Waals surface area contributed by atoms with Gasteiger partial charge in [-0.1, -0.05) is 18.5 Å². The van der Waals surface area contributed by atoms with Crippen molar-refractivity contribution >= 4 is 23.4 Å². The molecular weight excluding hydrogens is 440 g/mol. The molecule has 2 saturated heterocycles. The number of carbonyl (C=O) groups excluding carboxylic acids is 2. The SMILES string of the molecule is Cc1cc(C(=O)N2C[C@H](C)C[C@@H]2C(=O)NC(c2cc(F)c(Cl)cc2F)C2COC2)ccn1. The van der Waals surface area contributed by atoms with Crippen LogP contribution in [-0.4, -0.2) is 47.5 Å². The van der Waals surface area contributed by atoms with E-state index in [0.29, 0.717) is 37.4 Å². The van der Waals surface area contributed by atoms with E-state index in [1.54, 1.807) is 30.2 Å². The number of amides is 2. The summed E-state index contributed by atoms with van der Waals surface area (Å²) < 4.78 is 33.9. The van der Waals surface area contributed by atoms with Gasteiger partial charge in [0.2, 0.25) is 5.91 Å². The van der Waals surface area contributed by atoms with E-state index in [1.165, 1.54) is 0 Å². The van der Waals surface area contributed by atoms with Gasteiger partial charge in [0.1, 0.15) is 17.7 Å². The Morgan fingerprint density at radius 2 is 2.00 bits per heavy atom. The van der Waals surface area contributed by atoms with E-state index in [0.717, 1.165) is 12.1 Å². The van der Waals surface area contributed by atoms with Crippen LogP contribution in [0.4, 0.5) is 8.78 Å². The summed E-state index contributed by atoms with van der Waals surface area (Å²) in [5.41, 5.74) is 1.18. The molecule has 0 radical (unpaired) electrons. The fourth-order valence-corrected chi connectivity index (χ4v) is 4.44. The Labute approximate surface area is 189 Å². The highest BCUT2D eigenvalue weighted by Crippen LogP contribution is 2.33. The second-order valence-corrected chi connectivity index (χ2v) is 8.98. The molecule has 1 unspecified atom stereocenters. The van der Waals surface area contributed by atoms with Crippen LogP contribution in [0, 0.1) is 30.4 Å². The highest BCUT2D eigenvalue weighted by Gasteiger charge is 2.41. The van der Waals surface area contributed by atoms with Crippen LogP contribution in [0.25, 0.3) is 0 Å². The first kappa shape index (κ1) is 22.6. The van der Waals surface area contributed by atoms with Gasteiger partial charge in [0.15, 0.2) is 0 Å². The van der Waals surface area contributed by atoms with Crippen LogP contribution in [0.1, 0.15) is 41.0 Å². The lowest BCUT2D eigenvalue weighted by Crippen LogP contribution is -2.50. The molecular formula is C23H24ClF2N3O3. The largest absolute Gasteiger partial charge is 0.381 e. The minimum absolute atomic E-state index is 0.0160. The number of carbonyl (C=O) groups is 2. The maximum atomic E-state index is 14.6. The summed E-state index contributed by atoms with van der Waals surface area (Å²) in [5.74, 6) is -2.21. The summed E-state index contributed by atoms with van der Waals surface area (Å²) in [4.78, 5) is 32.1. The maximum absolute atomic E-state index is 14.6. The molecule has 3 atom stereocenters. The predicted molar refractivity (Wildman–Crippen MR) is 114 cm³/mol. The van der Waals surface area contributed by atoms with Crippen LogP contribution < -0.4 is 5.32 Å². The Morgan fingerprint density at radius 3 is 2.66 bits per heavy atom. The molecule has 0 spiro atoms. The molecule has 2 fully saturated rings. The van der Waals surface area contributed by atoms with Crippen molar-refractivity contribution in [3.63, 3.8) is 0 Å². The van der Waals surface area contributed by atoms with E-state index in [2.05, 4.69) is 10.3 Å². The van der Waals surface area contributed by atoms with E-state index in [-0.39, 0.29) is 28.3 Å². The molecule has 0 bridgehead atoms. The fourth-order valence-electron chi connectivity index (χ4n) is 4.29. The van der Waals surface area contributed by atoms with Gasteiger partial charge in [-0.3, -0.25) is 14.6 Å². The normalized spacial score (nSPS) is 21.8. The monoisotopic (exact) mass is 463 g/mol. The van der Waals surface area contributed by atoms with Gasteiger partial charge in [-0.15, -0.1) is 0 Å². The number of aromatic nitrogens is 1. The van der Waals surface area contributed by atoms with E-state index < -0.39 is 29.6 Å². The molecule has 3 heterocycles. The first-order valence-electron chi connectivity index (χ1n) is 10.5. The first-order chi connectivity index (χ1) is 15.2. The Kier molecular flexibility index (Phi) is 6.44. The summed E-state index contributed by atoms with van der Waals surface area (Å²) in [6.45, 7) is 4.82. The van der Waals surface area contributed by atoms with Gasteiger partial charge in [0.25, 0.3) is 5.91 Å². The number of hydrogen-bond donors (Lipinski definition) is 1. The third-order valence-corrected chi connectivity index (χ3v) is 6.31. The van der Waals surface area contributed by atoms with Crippen molar-refractivity contribution < 1.29 is 23.1 Å². The highest BCUT2D eigenvalue weighted by molar-refractivity contribution is 6.30. The van der Waals surface area contributed by atoms with Gasteiger partial charge in [0.05, 0.1) is 24.3 Å². The van der Waals surface area contributed by atoms with Gasteiger partial charge < -0.3 is 15.0 Å².